The third kappa shape index (κ3) is 11.6. The zero-order chi connectivity index (χ0) is 27.7. The first-order chi connectivity index (χ1) is 19.1. The SMILES string of the molecule is CCCCCCCCCCCCCCOc1ccc(NC(=O)Nc2ccccc2C[n+]2cscc2C)cc1Cl. The van der Waals surface area contributed by atoms with Crippen molar-refractivity contribution in [3.05, 3.63) is 69.6 Å². The number of para-hydroxylation sites is 1. The Bertz CT molecular complexity index is 1130. The molecule has 0 aliphatic heterocycles. The first-order valence-electron chi connectivity index (χ1n) is 14.6. The molecular formula is C32H45ClN3O2S+. The Balaban J connectivity index is 1.33. The van der Waals surface area contributed by atoms with Gasteiger partial charge in [-0.25, -0.2) is 4.79 Å². The molecule has 212 valence electrons. The van der Waals surface area contributed by atoms with Crippen LogP contribution in [0.2, 0.25) is 5.02 Å². The standard InChI is InChI=1S/C32H44ClN3O2S/c1-3-4-5-6-7-8-9-10-11-12-13-16-21-38-31-20-19-28(22-29(31)33)34-32(37)35-30-18-15-14-17-27(30)23-36-25-39-24-26(36)2/h14-15,17-20,22,24-25H,3-13,16,21,23H2,1-2H3,(H-,34,35,37)/p+1. The molecule has 5 nitrogen and oxygen atoms in total. The van der Waals surface area contributed by atoms with Crippen LogP contribution >= 0.6 is 22.9 Å². The number of carbonyl (C=O) groups is 1. The highest BCUT2D eigenvalue weighted by atomic mass is 35.5. The van der Waals surface area contributed by atoms with Gasteiger partial charge in [-0.3, -0.25) is 0 Å². The second kappa shape index (κ2) is 17.9. The van der Waals surface area contributed by atoms with Crippen molar-refractivity contribution < 1.29 is 14.1 Å². The van der Waals surface area contributed by atoms with Crippen LogP contribution in [0.4, 0.5) is 16.2 Å². The van der Waals surface area contributed by atoms with E-state index in [1.165, 1.54) is 76.3 Å². The van der Waals surface area contributed by atoms with Crippen LogP contribution in [0, 0.1) is 6.92 Å². The third-order valence-corrected chi connectivity index (χ3v) is 8.08. The Hall–Kier alpha value is -2.57. The van der Waals surface area contributed by atoms with Crippen LogP contribution in [0.15, 0.2) is 53.4 Å². The highest BCUT2D eigenvalue weighted by Crippen LogP contribution is 2.28. The molecule has 39 heavy (non-hydrogen) atoms. The number of nitrogens with one attached hydrogen (secondary N) is 2. The number of hydrogen-bond acceptors (Lipinski definition) is 3. The summed E-state index contributed by atoms with van der Waals surface area (Å²) in [5.74, 6) is 0.652. The van der Waals surface area contributed by atoms with Crippen LogP contribution in [0.3, 0.4) is 0 Å². The lowest BCUT2D eigenvalue weighted by Gasteiger charge is -2.12. The van der Waals surface area contributed by atoms with Gasteiger partial charge in [0.25, 0.3) is 0 Å². The second-order valence-corrected chi connectivity index (χ2v) is 11.4. The molecule has 0 aliphatic rings. The smallest absolute Gasteiger partial charge is 0.323 e. The number of nitrogens with zero attached hydrogens (tertiary/aromatic N) is 1. The summed E-state index contributed by atoms with van der Waals surface area (Å²) in [5, 5.41) is 8.46. The van der Waals surface area contributed by atoms with E-state index in [0.29, 0.717) is 29.6 Å². The van der Waals surface area contributed by atoms with E-state index in [1.54, 1.807) is 17.4 Å². The Kier molecular flexibility index (Phi) is 14.2. The molecule has 0 aliphatic carbocycles. The average molecular weight is 571 g/mol. The minimum Gasteiger partial charge on any atom is -0.492 e. The number of thiazole rings is 1. The van der Waals surface area contributed by atoms with Crippen molar-refractivity contribution in [2.75, 3.05) is 17.2 Å². The van der Waals surface area contributed by atoms with Crippen molar-refractivity contribution in [2.24, 2.45) is 0 Å². The molecule has 0 unspecified atom stereocenters. The van der Waals surface area contributed by atoms with Crippen LogP contribution in [0.1, 0.15) is 95.2 Å². The molecule has 1 aromatic heterocycles. The van der Waals surface area contributed by atoms with Crippen LogP contribution < -0.4 is 19.9 Å². The lowest BCUT2D eigenvalue weighted by molar-refractivity contribution is -0.689. The number of anilines is 2. The molecule has 0 atom stereocenters. The van der Waals surface area contributed by atoms with E-state index in [2.05, 4.69) is 39.9 Å². The van der Waals surface area contributed by atoms with Crippen LogP contribution in [-0.2, 0) is 6.54 Å². The Morgan fingerprint density at radius 1 is 0.897 bits per heavy atom. The maximum absolute atomic E-state index is 12.7. The second-order valence-electron chi connectivity index (χ2n) is 10.2. The Labute approximate surface area is 243 Å². The number of urea groups is 1. The predicted octanol–water partition coefficient (Wildman–Crippen LogP) is 9.77. The van der Waals surface area contributed by atoms with Crippen molar-refractivity contribution >= 4 is 40.3 Å². The van der Waals surface area contributed by atoms with Gasteiger partial charge < -0.3 is 15.4 Å². The fraction of sp³-hybridized carbons (Fsp3) is 0.500. The van der Waals surface area contributed by atoms with Crippen molar-refractivity contribution in [3.8, 4) is 5.75 Å². The molecule has 0 radical (unpaired) electrons. The lowest BCUT2D eigenvalue weighted by atomic mass is 10.1. The van der Waals surface area contributed by atoms with Gasteiger partial charge in [0, 0.05) is 18.2 Å². The zero-order valence-electron chi connectivity index (χ0n) is 23.6. The highest BCUT2D eigenvalue weighted by Gasteiger charge is 2.14. The molecule has 0 bridgehead atoms. The first kappa shape index (κ1) is 31.0. The number of ether oxygens (including phenoxy) is 1. The molecule has 7 heteroatoms. The van der Waals surface area contributed by atoms with Gasteiger partial charge in [0.15, 0.2) is 12.2 Å². The normalized spacial score (nSPS) is 10.9. The number of rotatable bonds is 18. The van der Waals surface area contributed by atoms with Gasteiger partial charge in [-0.2, -0.15) is 4.57 Å². The van der Waals surface area contributed by atoms with Gasteiger partial charge in [0.2, 0.25) is 5.51 Å². The molecule has 3 aromatic rings. The van der Waals surface area contributed by atoms with Gasteiger partial charge in [-0.05, 0) is 30.7 Å². The molecule has 2 amide bonds. The molecule has 2 N–H and O–H groups in total. The van der Waals surface area contributed by atoms with Gasteiger partial charge in [-0.1, -0.05) is 119 Å². The molecule has 1 heterocycles. The average Bonchev–Trinajstić information content (AvgIpc) is 3.33. The summed E-state index contributed by atoms with van der Waals surface area (Å²) in [7, 11) is 0. The van der Waals surface area contributed by atoms with Crippen LogP contribution in [0.5, 0.6) is 5.75 Å². The number of carbonyl (C=O) groups excluding carboxylic acids is 1. The van der Waals surface area contributed by atoms with E-state index in [0.717, 1.165) is 17.7 Å². The van der Waals surface area contributed by atoms with E-state index in [4.69, 9.17) is 16.3 Å². The monoisotopic (exact) mass is 570 g/mol. The third-order valence-electron chi connectivity index (χ3n) is 6.93. The predicted molar refractivity (Wildman–Crippen MR) is 165 cm³/mol. The topological polar surface area (TPSA) is 54.2 Å². The molecule has 0 saturated heterocycles. The number of amides is 2. The van der Waals surface area contributed by atoms with E-state index < -0.39 is 0 Å². The van der Waals surface area contributed by atoms with Crippen molar-refractivity contribution in [2.45, 2.75) is 97.4 Å². The van der Waals surface area contributed by atoms with E-state index in [-0.39, 0.29) is 6.03 Å². The van der Waals surface area contributed by atoms with Gasteiger partial charge in [0.1, 0.15) is 5.75 Å². The molecule has 0 saturated carbocycles. The largest absolute Gasteiger partial charge is 0.492 e. The van der Waals surface area contributed by atoms with Crippen molar-refractivity contribution in [3.63, 3.8) is 0 Å². The van der Waals surface area contributed by atoms with E-state index in [1.807, 2.05) is 36.4 Å². The number of aromatic nitrogens is 1. The number of unbranched alkanes of at least 4 members (excludes halogenated alkanes) is 11. The molecule has 3 rings (SSSR count). The minimum atomic E-state index is -0.310. The number of aryl methyl sites for hydroxylation is 1. The van der Waals surface area contributed by atoms with Gasteiger partial charge in [-0.15, -0.1) is 0 Å². The number of benzene rings is 2. The zero-order valence-corrected chi connectivity index (χ0v) is 25.2. The number of halogens is 1. The molecular weight excluding hydrogens is 526 g/mol. The lowest BCUT2D eigenvalue weighted by Crippen LogP contribution is -2.35. The summed E-state index contributed by atoms with van der Waals surface area (Å²) in [6, 6.07) is 12.9. The Morgan fingerprint density at radius 3 is 2.21 bits per heavy atom. The molecule has 2 aromatic carbocycles. The summed E-state index contributed by atoms with van der Waals surface area (Å²) < 4.78 is 8.06. The van der Waals surface area contributed by atoms with Gasteiger partial charge in [0.05, 0.1) is 22.7 Å². The molecule has 0 fully saturated rings. The first-order valence-corrected chi connectivity index (χ1v) is 15.9. The van der Waals surface area contributed by atoms with Crippen LogP contribution in [0.25, 0.3) is 0 Å². The van der Waals surface area contributed by atoms with Gasteiger partial charge >= 0.3 is 6.03 Å². The maximum atomic E-state index is 12.7. The summed E-state index contributed by atoms with van der Waals surface area (Å²) in [6.07, 6.45) is 15.8. The van der Waals surface area contributed by atoms with E-state index >= 15 is 0 Å². The fourth-order valence-corrected chi connectivity index (χ4v) is 5.60. The summed E-state index contributed by atoms with van der Waals surface area (Å²) >= 11 is 8.11. The van der Waals surface area contributed by atoms with Crippen LogP contribution in [-0.4, -0.2) is 12.6 Å². The number of hydrogen-bond donors (Lipinski definition) is 2. The Morgan fingerprint density at radius 2 is 1.56 bits per heavy atom. The summed E-state index contributed by atoms with van der Waals surface area (Å²) in [4.78, 5) is 12.7. The van der Waals surface area contributed by atoms with Crippen molar-refractivity contribution in [1.29, 1.82) is 0 Å². The highest BCUT2D eigenvalue weighted by molar-refractivity contribution is 7.07. The minimum absolute atomic E-state index is 0.310. The maximum Gasteiger partial charge on any atom is 0.323 e. The molecule has 0 spiro atoms. The fourth-order valence-electron chi connectivity index (χ4n) is 4.58. The quantitative estimate of drug-likeness (QED) is 0.118. The van der Waals surface area contributed by atoms with E-state index in [9.17, 15) is 4.79 Å². The summed E-state index contributed by atoms with van der Waals surface area (Å²) in [5.41, 5.74) is 5.71. The summed E-state index contributed by atoms with van der Waals surface area (Å²) in [6.45, 7) is 5.70. The van der Waals surface area contributed by atoms with Crippen molar-refractivity contribution in [1.82, 2.24) is 0 Å².